The van der Waals surface area contributed by atoms with Crippen LogP contribution in [0.4, 0.5) is 4.79 Å². The second-order valence-corrected chi connectivity index (χ2v) is 21.0. The molecule has 2 saturated heterocycles. The van der Waals surface area contributed by atoms with Crippen LogP contribution < -0.4 is 5.46 Å². The zero-order chi connectivity index (χ0) is 32.1. The van der Waals surface area contributed by atoms with Crippen LogP contribution in [0.1, 0.15) is 73.2 Å². The van der Waals surface area contributed by atoms with Gasteiger partial charge >= 0.3 is 13.2 Å². The molecule has 1 atom stereocenters. The highest BCUT2D eigenvalue weighted by Gasteiger charge is 2.51. The Morgan fingerprint density at radius 2 is 1.77 bits per heavy atom. The smallest absolute Gasteiger partial charge is 0.444 e. The molecule has 0 saturated carbocycles. The molecule has 2 aliphatic rings. The number of benzene rings is 1. The van der Waals surface area contributed by atoms with E-state index in [2.05, 4.69) is 70.1 Å². The fourth-order valence-corrected chi connectivity index (χ4v) is 6.29. The molecule has 1 amide bonds. The van der Waals surface area contributed by atoms with Gasteiger partial charge in [-0.05, 0) is 84.9 Å². The number of rotatable bonds is 8. The lowest BCUT2D eigenvalue weighted by Crippen LogP contribution is -2.41. The first-order valence-electron chi connectivity index (χ1n) is 15.8. The highest BCUT2D eigenvalue weighted by Crippen LogP contribution is 2.37. The molecular formula is C33H49BN4O5Si. The number of carbonyl (C=O) groups excluding carboxylic acids is 1. The average molecular weight is 621 g/mol. The van der Waals surface area contributed by atoms with E-state index >= 15 is 0 Å². The summed E-state index contributed by atoms with van der Waals surface area (Å²) in [4.78, 5) is 24.7. The van der Waals surface area contributed by atoms with Gasteiger partial charge in [0.2, 0.25) is 0 Å². The van der Waals surface area contributed by atoms with E-state index in [9.17, 15) is 4.79 Å². The predicted molar refractivity (Wildman–Crippen MR) is 178 cm³/mol. The molecule has 2 fully saturated rings. The predicted octanol–water partition coefficient (Wildman–Crippen LogP) is 6.78. The van der Waals surface area contributed by atoms with Crippen LogP contribution in [0.25, 0.3) is 22.2 Å². The molecule has 0 N–H and O–H groups in total. The van der Waals surface area contributed by atoms with E-state index in [1.807, 2.05) is 44.1 Å². The standard InChI is InChI=1S/C33H49BN4O5Si/c1-31(2,3)41-30(39)37-15-11-12-27(37)29-36-21-28(38(29)22-40-16-17-44(8,9)10)24-18-23-13-14-25(19-26(23)35-20-24)34-42-32(4,5)33(6,7)43-34/h13-14,18-21,27H,11-12,15-17,22H2,1-10H3. The second kappa shape index (κ2) is 11.9. The number of hydrogen-bond acceptors (Lipinski definition) is 7. The number of fused-ring (bicyclic) bond motifs is 1. The summed E-state index contributed by atoms with van der Waals surface area (Å²) in [5.74, 6) is 0.813. The normalized spacial score (nSPS) is 20.1. The van der Waals surface area contributed by atoms with Gasteiger partial charge in [-0.1, -0.05) is 31.8 Å². The Bertz CT molecular complexity index is 1490. The molecule has 1 aromatic carbocycles. The van der Waals surface area contributed by atoms with E-state index in [1.54, 1.807) is 0 Å². The van der Waals surface area contributed by atoms with Crippen LogP contribution in [0.3, 0.4) is 0 Å². The Labute approximate surface area is 263 Å². The maximum absolute atomic E-state index is 13.2. The van der Waals surface area contributed by atoms with Crippen molar-refractivity contribution < 1.29 is 23.6 Å². The molecule has 238 valence electrons. The van der Waals surface area contributed by atoms with E-state index in [-0.39, 0.29) is 12.1 Å². The monoisotopic (exact) mass is 620 g/mol. The largest absolute Gasteiger partial charge is 0.494 e. The number of likely N-dealkylation sites (tertiary alicyclic amines) is 1. The lowest BCUT2D eigenvalue weighted by molar-refractivity contribution is 0.00578. The number of pyridine rings is 1. The third-order valence-electron chi connectivity index (χ3n) is 8.81. The molecule has 44 heavy (non-hydrogen) atoms. The van der Waals surface area contributed by atoms with Gasteiger partial charge < -0.3 is 23.3 Å². The number of hydrogen-bond donors (Lipinski definition) is 0. The fourth-order valence-electron chi connectivity index (χ4n) is 5.53. The fraction of sp³-hybridized carbons (Fsp3) is 0.606. The maximum atomic E-state index is 13.2. The average Bonchev–Trinajstić information content (AvgIpc) is 3.60. The highest BCUT2D eigenvalue weighted by atomic mass is 28.3. The Balaban J connectivity index is 1.45. The lowest BCUT2D eigenvalue weighted by Gasteiger charge is -2.32. The van der Waals surface area contributed by atoms with Crippen molar-refractivity contribution in [2.24, 2.45) is 0 Å². The van der Waals surface area contributed by atoms with Gasteiger partial charge in [0.1, 0.15) is 18.2 Å². The van der Waals surface area contributed by atoms with Crippen molar-refractivity contribution in [3.05, 3.63) is 42.5 Å². The van der Waals surface area contributed by atoms with Gasteiger partial charge in [-0.2, -0.15) is 0 Å². The summed E-state index contributed by atoms with van der Waals surface area (Å²) in [5, 5.41) is 1.01. The Kier molecular flexibility index (Phi) is 8.83. The number of nitrogens with zero attached hydrogens (tertiary/aromatic N) is 4. The summed E-state index contributed by atoms with van der Waals surface area (Å²) < 4.78 is 26.7. The molecule has 3 aromatic rings. The van der Waals surface area contributed by atoms with E-state index in [0.717, 1.165) is 52.3 Å². The molecule has 1 unspecified atom stereocenters. The van der Waals surface area contributed by atoms with Gasteiger partial charge in [0.05, 0.1) is 34.7 Å². The Morgan fingerprint density at radius 3 is 2.43 bits per heavy atom. The first kappa shape index (κ1) is 32.7. The molecule has 11 heteroatoms. The molecule has 2 aromatic heterocycles. The molecular weight excluding hydrogens is 571 g/mol. The van der Waals surface area contributed by atoms with Crippen LogP contribution in [-0.4, -0.2) is 70.7 Å². The van der Waals surface area contributed by atoms with Gasteiger partial charge in [0.25, 0.3) is 0 Å². The van der Waals surface area contributed by atoms with E-state index < -0.39 is 32.0 Å². The second-order valence-electron chi connectivity index (χ2n) is 15.4. The third kappa shape index (κ3) is 7.06. The molecule has 0 aliphatic carbocycles. The first-order chi connectivity index (χ1) is 20.4. The summed E-state index contributed by atoms with van der Waals surface area (Å²) in [6.45, 7) is 22.6. The topological polar surface area (TPSA) is 87.9 Å². The zero-order valence-corrected chi connectivity index (χ0v) is 29.2. The number of amides is 1. The number of imidazole rings is 1. The first-order valence-corrected chi connectivity index (χ1v) is 19.5. The van der Waals surface area contributed by atoms with Crippen LogP contribution in [0, 0.1) is 0 Å². The van der Waals surface area contributed by atoms with E-state index in [1.165, 1.54) is 0 Å². The summed E-state index contributed by atoms with van der Waals surface area (Å²) >= 11 is 0. The van der Waals surface area contributed by atoms with Gasteiger partial charge in [0, 0.05) is 38.4 Å². The summed E-state index contributed by atoms with van der Waals surface area (Å²) in [5.41, 5.74) is 2.28. The zero-order valence-electron chi connectivity index (χ0n) is 28.2. The quantitative estimate of drug-likeness (QED) is 0.203. The van der Waals surface area contributed by atoms with Crippen LogP contribution in [0.15, 0.2) is 36.7 Å². The van der Waals surface area contributed by atoms with Gasteiger partial charge in [-0.25, -0.2) is 9.78 Å². The number of aromatic nitrogens is 3. The molecule has 4 heterocycles. The minimum atomic E-state index is -1.25. The van der Waals surface area contributed by atoms with E-state index in [4.69, 9.17) is 28.8 Å². The maximum Gasteiger partial charge on any atom is 0.494 e. The van der Waals surface area contributed by atoms with Crippen LogP contribution in [0.2, 0.25) is 25.7 Å². The van der Waals surface area contributed by atoms with E-state index in [0.29, 0.717) is 19.9 Å². The van der Waals surface area contributed by atoms with Crippen LogP contribution in [-0.2, 0) is 25.5 Å². The molecule has 2 aliphatic heterocycles. The SMILES string of the molecule is CC(C)(C)OC(=O)N1CCCC1c1ncc(-c2cnc3cc(B4OC(C)(C)C(C)(C)O4)ccc3c2)n1COCC[Si](C)(C)C. The minimum absolute atomic E-state index is 0.185. The van der Waals surface area contributed by atoms with Gasteiger partial charge in [0.15, 0.2) is 0 Å². The minimum Gasteiger partial charge on any atom is -0.444 e. The van der Waals surface area contributed by atoms with Crippen molar-refractivity contribution >= 4 is 37.7 Å². The van der Waals surface area contributed by atoms with Gasteiger partial charge in [-0.15, -0.1) is 0 Å². The van der Waals surface area contributed by atoms with Crippen molar-refractivity contribution in [1.82, 2.24) is 19.4 Å². The van der Waals surface area contributed by atoms with Crippen LogP contribution in [0.5, 0.6) is 0 Å². The van der Waals surface area contributed by atoms with Crippen molar-refractivity contribution in [1.29, 1.82) is 0 Å². The number of carbonyl (C=O) groups is 1. The summed E-state index contributed by atoms with van der Waals surface area (Å²) in [6.07, 6.45) is 5.18. The van der Waals surface area contributed by atoms with Crippen molar-refractivity contribution in [3.8, 4) is 11.3 Å². The summed E-state index contributed by atoms with van der Waals surface area (Å²) in [7, 11) is -1.70. The highest BCUT2D eigenvalue weighted by molar-refractivity contribution is 6.76. The molecule has 9 nitrogen and oxygen atoms in total. The van der Waals surface area contributed by atoms with Crippen molar-refractivity contribution in [2.75, 3.05) is 13.2 Å². The lowest BCUT2D eigenvalue weighted by atomic mass is 9.78. The summed E-state index contributed by atoms with van der Waals surface area (Å²) in [6, 6.07) is 9.18. The molecule has 5 rings (SSSR count). The Morgan fingerprint density at radius 1 is 1.07 bits per heavy atom. The van der Waals surface area contributed by atoms with Crippen LogP contribution >= 0.6 is 0 Å². The van der Waals surface area contributed by atoms with Crippen molar-refractivity contribution in [2.45, 2.75) is 117 Å². The Hall–Kier alpha value is -2.73. The van der Waals surface area contributed by atoms with Gasteiger partial charge in [-0.3, -0.25) is 9.88 Å². The molecule has 0 spiro atoms. The molecule has 0 bridgehead atoms. The third-order valence-corrected chi connectivity index (χ3v) is 10.5. The number of ether oxygens (including phenoxy) is 2. The van der Waals surface area contributed by atoms with Crippen molar-refractivity contribution in [3.63, 3.8) is 0 Å². The molecule has 0 radical (unpaired) electrons.